The van der Waals surface area contributed by atoms with Gasteiger partial charge in [0.05, 0.1) is 34.3 Å². The van der Waals surface area contributed by atoms with Crippen molar-refractivity contribution in [1.29, 1.82) is 0 Å². The van der Waals surface area contributed by atoms with Crippen LogP contribution in [0.4, 0.5) is 8.78 Å². The largest absolute Gasteiger partial charge is 0.394 e. The lowest BCUT2D eigenvalue weighted by Crippen LogP contribution is -2.30. The molecular formula is C19H19F2N3O4S. The number of aromatic nitrogens is 2. The van der Waals surface area contributed by atoms with E-state index in [0.29, 0.717) is 10.1 Å². The minimum Gasteiger partial charge on any atom is -0.394 e. The van der Waals surface area contributed by atoms with Crippen molar-refractivity contribution in [3.63, 3.8) is 0 Å². The van der Waals surface area contributed by atoms with E-state index in [9.17, 15) is 27.1 Å². The van der Waals surface area contributed by atoms with Gasteiger partial charge < -0.3 is 10.4 Å². The van der Waals surface area contributed by atoms with Crippen molar-refractivity contribution >= 4 is 26.8 Å². The summed E-state index contributed by atoms with van der Waals surface area (Å²) in [6, 6.07) is 9.28. The van der Waals surface area contributed by atoms with E-state index < -0.39 is 34.9 Å². The highest BCUT2D eigenvalue weighted by atomic mass is 32.2. The standard InChI is InChI=1S/C19H19F2N3O4S/c1-2-29(27,28)14-6-3-12(4-7-14)16(10-25)23-18(26)13-5-8-17-15(9-13)22-11-24(17)19(20)21/h3-9,11,16,19,25H,2,10H2,1H3,(H,23,26). The van der Waals surface area contributed by atoms with Crippen molar-refractivity contribution in [2.75, 3.05) is 12.4 Å². The lowest BCUT2D eigenvalue weighted by atomic mass is 10.1. The van der Waals surface area contributed by atoms with Gasteiger partial charge in [-0.25, -0.2) is 13.4 Å². The van der Waals surface area contributed by atoms with Gasteiger partial charge in [-0.2, -0.15) is 8.78 Å². The summed E-state index contributed by atoms with van der Waals surface area (Å²) in [6.07, 6.45) is 0.999. The van der Waals surface area contributed by atoms with Crippen LogP contribution >= 0.6 is 0 Å². The molecule has 0 bridgehead atoms. The van der Waals surface area contributed by atoms with Gasteiger partial charge in [-0.05, 0) is 35.9 Å². The number of carbonyl (C=O) groups excluding carboxylic acids is 1. The lowest BCUT2D eigenvalue weighted by molar-refractivity contribution is 0.0746. The second-order valence-electron chi connectivity index (χ2n) is 6.31. The summed E-state index contributed by atoms with van der Waals surface area (Å²) in [7, 11) is -3.35. The van der Waals surface area contributed by atoms with Gasteiger partial charge in [-0.15, -0.1) is 0 Å². The third-order valence-corrected chi connectivity index (χ3v) is 6.31. The van der Waals surface area contributed by atoms with Crippen molar-refractivity contribution in [2.45, 2.75) is 24.4 Å². The van der Waals surface area contributed by atoms with Crippen LogP contribution in [0.5, 0.6) is 0 Å². The number of aliphatic hydroxyl groups is 1. The van der Waals surface area contributed by atoms with E-state index in [0.717, 1.165) is 6.33 Å². The zero-order valence-corrected chi connectivity index (χ0v) is 16.2. The summed E-state index contributed by atoms with van der Waals surface area (Å²) in [5.41, 5.74) is 1.16. The highest BCUT2D eigenvalue weighted by molar-refractivity contribution is 7.91. The first kappa shape index (κ1) is 20.9. The van der Waals surface area contributed by atoms with Gasteiger partial charge in [0.15, 0.2) is 9.84 Å². The topological polar surface area (TPSA) is 101 Å². The van der Waals surface area contributed by atoms with Gasteiger partial charge in [0.25, 0.3) is 5.91 Å². The van der Waals surface area contributed by atoms with Crippen molar-refractivity contribution in [3.8, 4) is 0 Å². The summed E-state index contributed by atoms with van der Waals surface area (Å²) in [5, 5.41) is 12.3. The van der Waals surface area contributed by atoms with Crippen LogP contribution < -0.4 is 5.32 Å². The Morgan fingerprint density at radius 2 is 1.90 bits per heavy atom. The Kier molecular flexibility index (Phi) is 5.94. The summed E-state index contributed by atoms with van der Waals surface area (Å²) >= 11 is 0. The number of halogens is 2. The molecule has 0 saturated heterocycles. The molecule has 1 aromatic heterocycles. The minimum absolute atomic E-state index is 0.0314. The predicted molar refractivity (Wildman–Crippen MR) is 102 cm³/mol. The van der Waals surface area contributed by atoms with Gasteiger partial charge in [0.1, 0.15) is 6.33 Å². The Morgan fingerprint density at radius 1 is 1.21 bits per heavy atom. The molecule has 154 valence electrons. The van der Waals surface area contributed by atoms with Crippen LogP contribution in [-0.2, 0) is 9.84 Å². The summed E-state index contributed by atoms with van der Waals surface area (Å²) in [6.45, 7) is -1.60. The van der Waals surface area contributed by atoms with Crippen molar-refractivity contribution in [2.24, 2.45) is 0 Å². The maximum Gasteiger partial charge on any atom is 0.320 e. The Labute approximate surface area is 165 Å². The van der Waals surface area contributed by atoms with Crippen molar-refractivity contribution in [3.05, 3.63) is 59.9 Å². The first-order valence-electron chi connectivity index (χ1n) is 8.76. The normalized spacial score (nSPS) is 13.0. The third-order valence-electron chi connectivity index (χ3n) is 4.56. The second kappa shape index (κ2) is 8.26. The molecule has 0 fully saturated rings. The number of carbonyl (C=O) groups is 1. The van der Waals surface area contributed by atoms with Gasteiger partial charge in [0.2, 0.25) is 0 Å². The number of nitrogens with one attached hydrogen (secondary N) is 1. The summed E-state index contributed by atoms with van der Waals surface area (Å²) < 4.78 is 50.3. The number of fused-ring (bicyclic) bond motifs is 1. The molecule has 1 atom stereocenters. The SMILES string of the molecule is CCS(=O)(=O)c1ccc(C(CO)NC(=O)c2ccc3c(c2)ncn3C(F)F)cc1. The third kappa shape index (κ3) is 4.28. The molecule has 3 rings (SSSR count). The maximum absolute atomic E-state index is 12.9. The smallest absolute Gasteiger partial charge is 0.320 e. The fraction of sp³-hybridized carbons (Fsp3) is 0.263. The van der Waals surface area contributed by atoms with Crippen LogP contribution in [0.15, 0.2) is 53.7 Å². The van der Waals surface area contributed by atoms with Gasteiger partial charge in [-0.3, -0.25) is 9.36 Å². The quantitative estimate of drug-likeness (QED) is 0.609. The van der Waals surface area contributed by atoms with E-state index >= 15 is 0 Å². The molecule has 1 heterocycles. The lowest BCUT2D eigenvalue weighted by Gasteiger charge is -2.17. The maximum atomic E-state index is 12.9. The number of benzene rings is 2. The second-order valence-corrected chi connectivity index (χ2v) is 8.59. The molecule has 0 spiro atoms. The monoisotopic (exact) mass is 423 g/mol. The van der Waals surface area contributed by atoms with Crippen LogP contribution in [0.2, 0.25) is 0 Å². The molecule has 7 nitrogen and oxygen atoms in total. The summed E-state index contributed by atoms with van der Waals surface area (Å²) in [5.74, 6) is -0.557. The number of hydrogen-bond donors (Lipinski definition) is 2. The molecule has 0 radical (unpaired) electrons. The van der Waals surface area contributed by atoms with Gasteiger partial charge in [-0.1, -0.05) is 19.1 Å². The average Bonchev–Trinajstić information content (AvgIpc) is 3.15. The van der Waals surface area contributed by atoms with Crippen LogP contribution in [-0.4, -0.2) is 41.3 Å². The molecule has 3 aromatic rings. The number of imidazole rings is 1. The Balaban J connectivity index is 1.80. The average molecular weight is 423 g/mol. The molecule has 10 heteroatoms. The number of hydrogen-bond acceptors (Lipinski definition) is 5. The van der Waals surface area contributed by atoms with E-state index in [2.05, 4.69) is 10.3 Å². The molecule has 29 heavy (non-hydrogen) atoms. The molecule has 0 aliphatic heterocycles. The minimum atomic E-state index is -3.35. The molecule has 0 aliphatic rings. The van der Waals surface area contributed by atoms with E-state index in [1.54, 1.807) is 6.92 Å². The number of alkyl halides is 2. The number of nitrogens with zero attached hydrogens (tertiary/aromatic N) is 2. The van der Waals surface area contributed by atoms with Crippen molar-refractivity contribution < 1.29 is 27.1 Å². The molecule has 0 saturated carbocycles. The fourth-order valence-corrected chi connectivity index (χ4v) is 3.76. The highest BCUT2D eigenvalue weighted by Gasteiger charge is 2.18. The summed E-state index contributed by atoms with van der Waals surface area (Å²) in [4.78, 5) is 16.6. The van der Waals surface area contributed by atoms with E-state index in [1.165, 1.54) is 42.5 Å². The fourth-order valence-electron chi connectivity index (χ4n) is 2.88. The Bertz CT molecular complexity index is 1130. The Morgan fingerprint density at radius 3 is 2.48 bits per heavy atom. The van der Waals surface area contributed by atoms with Crippen LogP contribution in [0.25, 0.3) is 11.0 Å². The van der Waals surface area contributed by atoms with E-state index in [4.69, 9.17) is 0 Å². The van der Waals surface area contributed by atoms with Crippen LogP contribution in [0, 0.1) is 0 Å². The zero-order valence-electron chi connectivity index (χ0n) is 15.4. The molecule has 0 aliphatic carbocycles. The number of aliphatic hydroxyl groups excluding tert-OH is 1. The molecular weight excluding hydrogens is 404 g/mol. The number of amides is 1. The Hall–Kier alpha value is -2.85. The highest BCUT2D eigenvalue weighted by Crippen LogP contribution is 2.22. The first-order chi connectivity index (χ1) is 13.8. The van der Waals surface area contributed by atoms with Crippen LogP contribution in [0.1, 0.15) is 35.4 Å². The van der Waals surface area contributed by atoms with Gasteiger partial charge >= 0.3 is 6.55 Å². The number of rotatable bonds is 7. The van der Waals surface area contributed by atoms with Gasteiger partial charge in [0, 0.05) is 5.56 Å². The molecule has 1 amide bonds. The predicted octanol–water partition coefficient (Wildman–Crippen LogP) is 2.69. The van der Waals surface area contributed by atoms with E-state index in [1.807, 2.05) is 0 Å². The van der Waals surface area contributed by atoms with E-state index in [-0.39, 0.29) is 27.2 Å². The number of sulfone groups is 1. The zero-order chi connectivity index (χ0) is 21.2. The molecule has 2 N–H and O–H groups in total. The van der Waals surface area contributed by atoms with Crippen LogP contribution in [0.3, 0.4) is 0 Å². The first-order valence-corrected chi connectivity index (χ1v) is 10.4. The molecule has 1 unspecified atom stereocenters. The molecule has 2 aromatic carbocycles. The van der Waals surface area contributed by atoms with Crippen molar-refractivity contribution in [1.82, 2.24) is 14.9 Å².